The Hall–Kier alpha value is -1.85. The van der Waals surface area contributed by atoms with Crippen LogP contribution in [0.2, 0.25) is 5.02 Å². The number of hydrogen-bond donors (Lipinski definition) is 0. The van der Waals surface area contributed by atoms with E-state index in [1.165, 1.54) is 0 Å². The molecular formula is C13H8ClN3OS. The lowest BCUT2D eigenvalue weighted by atomic mass is 10.2. The summed E-state index contributed by atoms with van der Waals surface area (Å²) >= 11 is 6.11. The zero-order valence-electron chi connectivity index (χ0n) is 9.65. The zero-order valence-corrected chi connectivity index (χ0v) is 11.2. The summed E-state index contributed by atoms with van der Waals surface area (Å²) in [6.45, 7) is 0. The van der Waals surface area contributed by atoms with Gasteiger partial charge in [0.2, 0.25) is 5.16 Å². The van der Waals surface area contributed by atoms with E-state index in [-0.39, 0.29) is 5.16 Å². The molecule has 0 saturated carbocycles. The first-order valence-electron chi connectivity index (χ1n) is 5.49. The van der Waals surface area contributed by atoms with Crippen LogP contribution in [0.5, 0.6) is 0 Å². The lowest BCUT2D eigenvalue weighted by Crippen LogP contribution is -2.00. The van der Waals surface area contributed by atoms with Crippen molar-refractivity contribution in [2.45, 2.75) is 10.1 Å². The average Bonchev–Trinajstić information content (AvgIpc) is 2.48. The Balaban J connectivity index is 2.22. The highest BCUT2D eigenvalue weighted by atomic mass is 35.5. The van der Waals surface area contributed by atoms with Gasteiger partial charge >= 0.3 is 0 Å². The van der Waals surface area contributed by atoms with Gasteiger partial charge in [-0.25, -0.2) is 14.2 Å². The van der Waals surface area contributed by atoms with Crippen LogP contribution in [0.15, 0.2) is 59.0 Å². The third-order valence-corrected chi connectivity index (χ3v) is 4.19. The highest BCUT2D eigenvalue weighted by Gasteiger charge is 2.15. The molecule has 6 heteroatoms. The van der Waals surface area contributed by atoms with Crippen LogP contribution in [0, 0.1) is 0 Å². The molecule has 1 unspecified atom stereocenters. The largest absolute Gasteiger partial charge is 0.255 e. The van der Waals surface area contributed by atoms with Crippen molar-refractivity contribution < 1.29 is 4.21 Å². The highest BCUT2D eigenvalue weighted by Crippen LogP contribution is 2.27. The number of hydrogen-bond acceptors (Lipinski definition) is 4. The summed E-state index contributed by atoms with van der Waals surface area (Å²) in [4.78, 5) is 12.8. The summed E-state index contributed by atoms with van der Waals surface area (Å²) in [5.41, 5.74) is 0.612. The number of pyridine rings is 1. The van der Waals surface area contributed by atoms with E-state index in [1.54, 1.807) is 42.9 Å². The molecule has 0 aliphatic rings. The minimum Gasteiger partial charge on any atom is -0.255 e. The van der Waals surface area contributed by atoms with Crippen LogP contribution < -0.4 is 0 Å². The fraction of sp³-hybridized carbons (Fsp3) is 0. The first kappa shape index (κ1) is 12.2. The molecule has 0 N–H and O–H groups in total. The molecule has 0 radical (unpaired) electrons. The highest BCUT2D eigenvalue weighted by molar-refractivity contribution is 7.85. The maximum Gasteiger partial charge on any atom is 0.223 e. The van der Waals surface area contributed by atoms with Gasteiger partial charge in [0.1, 0.15) is 10.8 Å². The molecule has 0 amide bonds. The number of fused-ring (bicyclic) bond motifs is 1. The topological polar surface area (TPSA) is 55.7 Å². The molecule has 1 atom stereocenters. The van der Waals surface area contributed by atoms with E-state index in [4.69, 9.17) is 11.6 Å². The Morgan fingerprint density at radius 3 is 2.47 bits per heavy atom. The first-order valence-corrected chi connectivity index (χ1v) is 7.02. The lowest BCUT2D eigenvalue weighted by molar-refractivity contribution is 0.676. The maximum atomic E-state index is 12.5. The van der Waals surface area contributed by atoms with E-state index < -0.39 is 10.8 Å². The van der Waals surface area contributed by atoms with E-state index >= 15 is 0 Å². The smallest absolute Gasteiger partial charge is 0.223 e. The second kappa shape index (κ2) is 5.03. The van der Waals surface area contributed by atoms with Gasteiger partial charge < -0.3 is 0 Å². The minimum atomic E-state index is -1.47. The molecule has 0 bridgehead atoms. The molecule has 0 saturated heterocycles. The van der Waals surface area contributed by atoms with Crippen molar-refractivity contribution >= 4 is 33.3 Å². The number of benzene rings is 1. The molecule has 94 valence electrons. The van der Waals surface area contributed by atoms with Gasteiger partial charge in [-0.05, 0) is 30.3 Å². The van der Waals surface area contributed by atoms with Gasteiger partial charge in [0.05, 0.1) is 15.4 Å². The van der Waals surface area contributed by atoms with Gasteiger partial charge in [0.25, 0.3) is 0 Å². The third-order valence-electron chi connectivity index (χ3n) is 2.59. The summed E-state index contributed by atoms with van der Waals surface area (Å²) < 4.78 is 12.5. The van der Waals surface area contributed by atoms with Crippen molar-refractivity contribution in [2.75, 3.05) is 0 Å². The number of rotatable bonds is 2. The first-order chi connectivity index (χ1) is 9.27. The van der Waals surface area contributed by atoms with Crippen LogP contribution in [0.25, 0.3) is 10.9 Å². The lowest BCUT2D eigenvalue weighted by Gasteiger charge is -2.05. The molecule has 2 heterocycles. The standard InChI is InChI=1S/C13H8ClN3OS/c14-10-4-5-11(12-9(10)3-1-6-15-12)19(18)13-16-7-2-8-17-13/h1-8H. The van der Waals surface area contributed by atoms with Crippen LogP contribution in [-0.2, 0) is 10.8 Å². The molecule has 4 nitrogen and oxygen atoms in total. The third kappa shape index (κ3) is 2.22. The van der Waals surface area contributed by atoms with Gasteiger partial charge in [0, 0.05) is 24.0 Å². The molecule has 3 aromatic rings. The predicted molar refractivity (Wildman–Crippen MR) is 73.5 cm³/mol. The summed E-state index contributed by atoms with van der Waals surface area (Å²) in [6.07, 6.45) is 4.77. The Labute approximate surface area is 117 Å². The monoisotopic (exact) mass is 289 g/mol. The van der Waals surface area contributed by atoms with Crippen molar-refractivity contribution in [1.29, 1.82) is 0 Å². The molecule has 3 rings (SSSR count). The molecule has 0 aliphatic heterocycles. The van der Waals surface area contributed by atoms with E-state index in [1.807, 2.05) is 6.07 Å². The van der Waals surface area contributed by atoms with Crippen molar-refractivity contribution in [1.82, 2.24) is 15.0 Å². The average molecular weight is 290 g/mol. The normalized spacial score (nSPS) is 12.5. The van der Waals surface area contributed by atoms with Gasteiger partial charge in [-0.2, -0.15) is 0 Å². The van der Waals surface area contributed by atoms with Crippen molar-refractivity contribution in [3.63, 3.8) is 0 Å². The SMILES string of the molecule is O=S(c1ncccn1)c1ccc(Cl)c2cccnc12. The van der Waals surface area contributed by atoms with E-state index in [2.05, 4.69) is 15.0 Å². The van der Waals surface area contributed by atoms with Crippen LogP contribution in [0.3, 0.4) is 0 Å². The maximum absolute atomic E-state index is 12.5. The van der Waals surface area contributed by atoms with E-state index in [0.29, 0.717) is 15.4 Å². The van der Waals surface area contributed by atoms with Gasteiger partial charge in [-0.3, -0.25) is 4.98 Å². The molecule has 2 aromatic heterocycles. The predicted octanol–water partition coefficient (Wildman–Crippen LogP) is 2.84. The quantitative estimate of drug-likeness (QED) is 0.681. The Morgan fingerprint density at radius 1 is 0.947 bits per heavy atom. The Bertz CT molecular complexity index is 764. The molecule has 0 spiro atoms. The Morgan fingerprint density at radius 2 is 1.68 bits per heavy atom. The molecule has 1 aromatic carbocycles. The summed E-state index contributed by atoms with van der Waals surface area (Å²) in [7, 11) is -1.47. The van der Waals surface area contributed by atoms with E-state index in [0.717, 1.165) is 5.39 Å². The zero-order chi connectivity index (χ0) is 13.2. The summed E-state index contributed by atoms with van der Waals surface area (Å²) in [6, 6.07) is 8.72. The second-order valence-corrected chi connectivity index (χ2v) is 5.49. The van der Waals surface area contributed by atoms with Crippen LogP contribution >= 0.6 is 11.6 Å². The summed E-state index contributed by atoms with van der Waals surface area (Å²) in [5.74, 6) is 0. The number of halogens is 1. The fourth-order valence-electron chi connectivity index (χ4n) is 1.74. The molecular weight excluding hydrogens is 282 g/mol. The minimum absolute atomic E-state index is 0.261. The van der Waals surface area contributed by atoms with Crippen LogP contribution in [0.1, 0.15) is 0 Å². The fourth-order valence-corrected chi connectivity index (χ4v) is 3.00. The van der Waals surface area contributed by atoms with Gasteiger partial charge in [-0.15, -0.1) is 0 Å². The molecule has 19 heavy (non-hydrogen) atoms. The van der Waals surface area contributed by atoms with Gasteiger partial charge in [-0.1, -0.05) is 11.6 Å². The van der Waals surface area contributed by atoms with Crippen molar-refractivity contribution in [3.8, 4) is 0 Å². The number of nitrogens with zero attached hydrogens (tertiary/aromatic N) is 3. The molecule has 0 fully saturated rings. The summed E-state index contributed by atoms with van der Waals surface area (Å²) in [5, 5.41) is 1.61. The van der Waals surface area contributed by atoms with Crippen molar-refractivity contribution in [3.05, 3.63) is 53.9 Å². The molecule has 0 aliphatic carbocycles. The van der Waals surface area contributed by atoms with Crippen LogP contribution in [0.4, 0.5) is 0 Å². The van der Waals surface area contributed by atoms with Crippen LogP contribution in [-0.4, -0.2) is 19.2 Å². The van der Waals surface area contributed by atoms with Crippen molar-refractivity contribution in [2.24, 2.45) is 0 Å². The second-order valence-electron chi connectivity index (χ2n) is 3.75. The van der Waals surface area contributed by atoms with Gasteiger partial charge in [0.15, 0.2) is 0 Å². The van der Waals surface area contributed by atoms with E-state index in [9.17, 15) is 4.21 Å². The number of aromatic nitrogens is 3. The Kier molecular flexibility index (Phi) is 3.23.